The van der Waals surface area contributed by atoms with Gasteiger partial charge < -0.3 is 32.5 Å². The van der Waals surface area contributed by atoms with Crippen molar-refractivity contribution in [3.63, 3.8) is 0 Å². The van der Waals surface area contributed by atoms with Crippen molar-refractivity contribution in [3.05, 3.63) is 35.9 Å². The number of hydrogen-bond donors (Lipinski definition) is 6. The van der Waals surface area contributed by atoms with Crippen molar-refractivity contribution in [1.29, 1.82) is 0 Å². The van der Waals surface area contributed by atoms with Crippen molar-refractivity contribution < 1.29 is 29.1 Å². The molecule has 0 fully saturated rings. The number of carboxylic acids is 1. The number of hydrogen-bond acceptors (Lipinski definition) is 6. The maximum Gasteiger partial charge on any atom is 0.326 e. The number of amides is 4. The molecule has 4 atom stereocenters. The minimum Gasteiger partial charge on any atom is -0.480 e. The van der Waals surface area contributed by atoms with E-state index in [-0.39, 0.29) is 24.7 Å². The fraction of sp³-hybridized carbons (Fsp3) is 0.542. The standard InChI is InChI=1S/C24H37N5O6/c1-13(2)10-17(22(32)28-18(24(34)35)12-19(26)30)27-23(33)20(14(3)4)29-21(31)16(25)11-15-8-6-5-7-9-15/h5-9,13-14,16-18,20H,10-12,25H2,1-4H3,(H2,26,30)(H,27,33)(H,28,32)(H,29,31)(H,34,35). The zero-order valence-corrected chi connectivity index (χ0v) is 20.6. The van der Waals surface area contributed by atoms with E-state index in [0.29, 0.717) is 0 Å². The SMILES string of the molecule is CC(C)CC(NC(=O)C(NC(=O)C(N)Cc1ccccc1)C(C)C)C(=O)NC(CC(N)=O)C(=O)O. The largest absolute Gasteiger partial charge is 0.480 e. The summed E-state index contributed by atoms with van der Waals surface area (Å²) >= 11 is 0. The van der Waals surface area contributed by atoms with E-state index in [9.17, 15) is 29.1 Å². The first kappa shape index (κ1) is 29.6. The van der Waals surface area contributed by atoms with Gasteiger partial charge in [0.2, 0.25) is 23.6 Å². The summed E-state index contributed by atoms with van der Waals surface area (Å²) in [5.41, 5.74) is 12.0. The summed E-state index contributed by atoms with van der Waals surface area (Å²) in [4.78, 5) is 61.1. The maximum atomic E-state index is 13.1. The summed E-state index contributed by atoms with van der Waals surface area (Å²) in [6.07, 6.45) is -0.103. The zero-order chi connectivity index (χ0) is 26.7. The number of nitrogens with two attached hydrogens (primary N) is 2. The first-order valence-corrected chi connectivity index (χ1v) is 11.5. The van der Waals surface area contributed by atoms with Gasteiger partial charge in [-0.25, -0.2) is 4.79 Å². The first-order valence-electron chi connectivity index (χ1n) is 11.5. The Hall–Kier alpha value is -3.47. The average Bonchev–Trinajstić information content (AvgIpc) is 2.75. The highest BCUT2D eigenvalue weighted by atomic mass is 16.4. The van der Waals surface area contributed by atoms with Gasteiger partial charge >= 0.3 is 5.97 Å². The Labute approximate surface area is 205 Å². The van der Waals surface area contributed by atoms with Crippen LogP contribution in [0.25, 0.3) is 0 Å². The van der Waals surface area contributed by atoms with Crippen molar-refractivity contribution in [1.82, 2.24) is 16.0 Å². The molecule has 11 nitrogen and oxygen atoms in total. The van der Waals surface area contributed by atoms with E-state index in [1.165, 1.54) is 0 Å². The Morgan fingerprint density at radius 1 is 0.857 bits per heavy atom. The highest BCUT2D eigenvalue weighted by Gasteiger charge is 2.32. The molecule has 0 heterocycles. The Bertz CT molecular complexity index is 890. The third-order valence-corrected chi connectivity index (χ3v) is 5.24. The summed E-state index contributed by atoms with van der Waals surface area (Å²) < 4.78 is 0. The lowest BCUT2D eigenvalue weighted by Gasteiger charge is -2.27. The van der Waals surface area contributed by atoms with Gasteiger partial charge in [-0.2, -0.15) is 0 Å². The van der Waals surface area contributed by atoms with Crippen LogP contribution in [0.4, 0.5) is 0 Å². The van der Waals surface area contributed by atoms with Crippen LogP contribution in [-0.2, 0) is 30.4 Å². The molecule has 1 aromatic carbocycles. The summed E-state index contributed by atoms with van der Waals surface area (Å²) in [6, 6.07) is 4.74. The topological polar surface area (TPSA) is 194 Å². The number of primary amides is 1. The van der Waals surface area contributed by atoms with Crippen LogP contribution in [0.1, 0.15) is 46.1 Å². The minimum absolute atomic E-state index is 0.0307. The van der Waals surface area contributed by atoms with Crippen LogP contribution < -0.4 is 27.4 Å². The molecule has 0 saturated heterocycles. The monoisotopic (exact) mass is 491 g/mol. The number of carboxylic acid groups (broad SMARTS) is 1. The highest BCUT2D eigenvalue weighted by molar-refractivity contribution is 5.95. The van der Waals surface area contributed by atoms with Crippen LogP contribution in [-0.4, -0.2) is 58.9 Å². The third kappa shape index (κ3) is 10.6. The summed E-state index contributed by atoms with van der Waals surface area (Å²) in [5, 5.41) is 16.8. The van der Waals surface area contributed by atoms with Gasteiger partial charge in [-0.05, 0) is 30.2 Å². The number of carbonyl (C=O) groups is 5. The highest BCUT2D eigenvalue weighted by Crippen LogP contribution is 2.10. The van der Waals surface area contributed by atoms with Gasteiger partial charge in [0.05, 0.1) is 12.5 Å². The molecule has 0 aliphatic carbocycles. The first-order chi connectivity index (χ1) is 16.3. The van der Waals surface area contributed by atoms with E-state index >= 15 is 0 Å². The summed E-state index contributed by atoms with van der Waals surface area (Å²) in [5.74, 6) is -4.56. The van der Waals surface area contributed by atoms with Gasteiger partial charge in [0, 0.05) is 0 Å². The fourth-order valence-electron chi connectivity index (χ4n) is 3.39. The second-order valence-electron chi connectivity index (χ2n) is 9.29. The molecule has 8 N–H and O–H groups in total. The van der Waals surface area contributed by atoms with Crippen LogP contribution in [0.3, 0.4) is 0 Å². The van der Waals surface area contributed by atoms with Crippen molar-refractivity contribution in [2.75, 3.05) is 0 Å². The minimum atomic E-state index is -1.52. The molecule has 194 valence electrons. The molecular weight excluding hydrogens is 454 g/mol. The number of benzene rings is 1. The van der Waals surface area contributed by atoms with Crippen LogP contribution in [0.15, 0.2) is 30.3 Å². The third-order valence-electron chi connectivity index (χ3n) is 5.24. The normalized spacial score (nSPS) is 14.5. The molecule has 0 saturated carbocycles. The predicted octanol–water partition coefficient (Wildman–Crippen LogP) is -0.327. The Balaban J connectivity index is 2.92. The van der Waals surface area contributed by atoms with E-state index in [2.05, 4.69) is 16.0 Å². The molecule has 4 amide bonds. The van der Waals surface area contributed by atoms with Gasteiger partial charge in [0.25, 0.3) is 0 Å². The molecule has 35 heavy (non-hydrogen) atoms. The van der Waals surface area contributed by atoms with E-state index in [1.807, 2.05) is 44.2 Å². The van der Waals surface area contributed by atoms with Crippen molar-refractivity contribution >= 4 is 29.6 Å². The lowest BCUT2D eigenvalue weighted by molar-refractivity contribution is -0.144. The molecular formula is C24H37N5O6. The number of carbonyl (C=O) groups excluding carboxylic acids is 4. The van der Waals surface area contributed by atoms with Crippen LogP contribution >= 0.6 is 0 Å². The molecule has 1 rings (SSSR count). The summed E-state index contributed by atoms with van der Waals surface area (Å²) in [6.45, 7) is 7.12. The molecule has 1 aromatic rings. The van der Waals surface area contributed by atoms with Gasteiger partial charge in [0.1, 0.15) is 18.1 Å². The van der Waals surface area contributed by atoms with Crippen LogP contribution in [0.5, 0.6) is 0 Å². The van der Waals surface area contributed by atoms with Crippen molar-refractivity contribution in [2.24, 2.45) is 23.3 Å². The lowest BCUT2D eigenvalue weighted by Crippen LogP contribution is -2.59. The maximum absolute atomic E-state index is 13.1. The number of rotatable bonds is 14. The lowest BCUT2D eigenvalue weighted by atomic mass is 9.99. The second kappa shape index (κ2) is 14.1. The summed E-state index contributed by atoms with van der Waals surface area (Å²) in [7, 11) is 0. The fourth-order valence-corrected chi connectivity index (χ4v) is 3.39. The van der Waals surface area contributed by atoms with Crippen molar-refractivity contribution in [2.45, 2.75) is 71.1 Å². The Morgan fingerprint density at radius 3 is 1.91 bits per heavy atom. The molecule has 11 heteroatoms. The number of aliphatic carboxylic acids is 1. The zero-order valence-electron chi connectivity index (χ0n) is 20.6. The molecule has 0 radical (unpaired) electrons. The van der Waals surface area contributed by atoms with Crippen LogP contribution in [0, 0.1) is 11.8 Å². The van der Waals surface area contributed by atoms with Crippen molar-refractivity contribution in [3.8, 4) is 0 Å². The van der Waals surface area contributed by atoms with E-state index < -0.39 is 60.2 Å². The van der Waals surface area contributed by atoms with Gasteiger partial charge in [-0.3, -0.25) is 19.2 Å². The molecule has 0 aliphatic rings. The Morgan fingerprint density at radius 2 is 1.43 bits per heavy atom. The van der Waals surface area contributed by atoms with Gasteiger partial charge in [0.15, 0.2) is 0 Å². The smallest absolute Gasteiger partial charge is 0.326 e. The molecule has 0 bridgehead atoms. The Kier molecular flexibility index (Phi) is 11.9. The quantitative estimate of drug-likeness (QED) is 0.205. The molecule has 0 aromatic heterocycles. The molecule has 4 unspecified atom stereocenters. The van der Waals surface area contributed by atoms with Gasteiger partial charge in [-0.1, -0.05) is 58.0 Å². The molecule has 0 aliphatic heterocycles. The number of nitrogens with one attached hydrogen (secondary N) is 3. The van der Waals surface area contributed by atoms with E-state index in [0.717, 1.165) is 5.56 Å². The van der Waals surface area contributed by atoms with Crippen LogP contribution in [0.2, 0.25) is 0 Å². The second-order valence-corrected chi connectivity index (χ2v) is 9.29. The predicted molar refractivity (Wildman–Crippen MR) is 130 cm³/mol. The average molecular weight is 492 g/mol. The van der Waals surface area contributed by atoms with Gasteiger partial charge in [-0.15, -0.1) is 0 Å². The van der Waals surface area contributed by atoms with E-state index in [4.69, 9.17) is 11.5 Å². The molecule has 0 spiro atoms. The van der Waals surface area contributed by atoms with E-state index in [1.54, 1.807) is 13.8 Å².